The Morgan fingerprint density at radius 1 is 0.912 bits per heavy atom. The monoisotopic (exact) mass is 459 g/mol. The van der Waals surface area contributed by atoms with E-state index in [9.17, 15) is 18.0 Å². The van der Waals surface area contributed by atoms with Gasteiger partial charge in [0.25, 0.3) is 0 Å². The minimum Gasteiger partial charge on any atom is -0.406 e. The molecule has 0 fully saturated rings. The molecule has 169 valence electrons. The molecule has 0 atom stereocenters. The predicted molar refractivity (Wildman–Crippen MR) is 124 cm³/mol. The van der Waals surface area contributed by atoms with Crippen LogP contribution in [0.2, 0.25) is 0 Å². The average Bonchev–Trinajstić information content (AvgIpc) is 3.12. The fourth-order valence-electron chi connectivity index (χ4n) is 4.25. The molecule has 5 aromatic rings. The number of nitrogens with two attached hydrogens (primary N) is 1. The number of ether oxygens (including phenoxy) is 1. The number of halogens is 3. The number of benzene rings is 4. The van der Waals surface area contributed by atoms with Crippen molar-refractivity contribution >= 4 is 27.7 Å². The number of primary amides is 1. The molecular formula is C27H18F3N2O2. The maximum atomic E-state index is 12.7. The Balaban J connectivity index is 1.71. The summed E-state index contributed by atoms with van der Waals surface area (Å²) in [5.74, 6) is -0.856. The highest BCUT2D eigenvalue weighted by Gasteiger charge is 2.31. The number of fused-ring (bicyclic) bond motifs is 3. The standard InChI is InChI=1S/C27H18F3N2O2/c28-27(29,30)34-20-9-4-6-17(14-20)16-32-23-11-5-10-22(26(31)33)25(23)21-13-12-19(15-24(21)32)18-7-2-1-3-8-18/h1-12,14-15H,16H2,(H2,31,33). The topological polar surface area (TPSA) is 57.2 Å². The molecule has 0 saturated carbocycles. The fourth-order valence-corrected chi connectivity index (χ4v) is 4.25. The van der Waals surface area contributed by atoms with E-state index in [4.69, 9.17) is 5.73 Å². The van der Waals surface area contributed by atoms with Gasteiger partial charge in [0.05, 0.1) is 11.0 Å². The smallest absolute Gasteiger partial charge is 0.406 e. The lowest BCUT2D eigenvalue weighted by atomic mass is 10.0. The third-order valence-electron chi connectivity index (χ3n) is 5.64. The van der Waals surface area contributed by atoms with Gasteiger partial charge in [-0.3, -0.25) is 4.79 Å². The van der Waals surface area contributed by atoms with Gasteiger partial charge >= 0.3 is 6.36 Å². The zero-order valence-electron chi connectivity index (χ0n) is 17.8. The number of amides is 1. The molecule has 1 heterocycles. The van der Waals surface area contributed by atoms with Gasteiger partial charge < -0.3 is 15.0 Å². The van der Waals surface area contributed by atoms with Gasteiger partial charge in [0, 0.05) is 22.9 Å². The van der Waals surface area contributed by atoms with Crippen LogP contribution < -0.4 is 10.5 Å². The van der Waals surface area contributed by atoms with Crippen molar-refractivity contribution in [2.24, 2.45) is 5.73 Å². The number of alkyl halides is 3. The number of rotatable bonds is 5. The van der Waals surface area contributed by atoms with E-state index < -0.39 is 12.3 Å². The SMILES string of the molecule is NC(=O)c1cccc2c1c1[c]cc(-c3ccccc3)cc1n2Cc1cccc(OC(F)(F)F)c1. The number of carbonyl (C=O) groups excluding carboxylic acids is 1. The maximum Gasteiger partial charge on any atom is 0.573 e. The molecule has 5 rings (SSSR count). The Kier molecular flexibility index (Phi) is 5.24. The minimum atomic E-state index is -4.78. The molecule has 0 aliphatic heterocycles. The normalized spacial score (nSPS) is 11.7. The van der Waals surface area contributed by atoms with Crippen LogP contribution >= 0.6 is 0 Å². The summed E-state index contributed by atoms with van der Waals surface area (Å²) in [6.07, 6.45) is -4.78. The molecule has 0 spiro atoms. The molecule has 4 aromatic carbocycles. The second-order valence-electron chi connectivity index (χ2n) is 7.86. The molecule has 4 nitrogen and oxygen atoms in total. The van der Waals surface area contributed by atoms with Crippen LogP contribution in [-0.2, 0) is 6.54 Å². The first-order chi connectivity index (χ1) is 16.3. The van der Waals surface area contributed by atoms with Gasteiger partial charge in [-0.25, -0.2) is 0 Å². The van der Waals surface area contributed by atoms with Crippen LogP contribution in [0, 0.1) is 6.07 Å². The minimum absolute atomic E-state index is 0.253. The lowest BCUT2D eigenvalue weighted by Crippen LogP contribution is -2.17. The van der Waals surface area contributed by atoms with Gasteiger partial charge in [0.1, 0.15) is 5.75 Å². The van der Waals surface area contributed by atoms with Crippen LogP contribution in [0.4, 0.5) is 13.2 Å². The zero-order valence-corrected chi connectivity index (χ0v) is 17.8. The highest BCUT2D eigenvalue weighted by molar-refractivity contribution is 6.18. The van der Waals surface area contributed by atoms with Gasteiger partial charge in [0.2, 0.25) is 5.91 Å². The molecular weight excluding hydrogens is 441 g/mol. The molecule has 0 aliphatic rings. The van der Waals surface area contributed by atoms with E-state index in [1.165, 1.54) is 18.2 Å². The van der Waals surface area contributed by atoms with E-state index in [1.54, 1.807) is 18.2 Å². The van der Waals surface area contributed by atoms with E-state index in [2.05, 4.69) is 10.8 Å². The lowest BCUT2D eigenvalue weighted by molar-refractivity contribution is -0.274. The lowest BCUT2D eigenvalue weighted by Gasteiger charge is -2.12. The predicted octanol–water partition coefficient (Wildman–Crippen LogP) is 6.31. The van der Waals surface area contributed by atoms with Crippen molar-refractivity contribution in [3.05, 3.63) is 102 Å². The van der Waals surface area contributed by atoms with Crippen molar-refractivity contribution in [1.29, 1.82) is 0 Å². The van der Waals surface area contributed by atoms with Gasteiger partial charge in [-0.05, 0) is 59.2 Å². The molecule has 0 aliphatic carbocycles. The number of aromatic nitrogens is 1. The van der Waals surface area contributed by atoms with E-state index in [0.717, 1.165) is 22.2 Å². The molecule has 7 heteroatoms. The van der Waals surface area contributed by atoms with Crippen molar-refractivity contribution in [3.63, 3.8) is 0 Å². The number of hydrogen-bond acceptors (Lipinski definition) is 2. The molecule has 0 unspecified atom stereocenters. The first-order valence-electron chi connectivity index (χ1n) is 10.5. The molecule has 0 bridgehead atoms. The first kappa shape index (κ1) is 21.6. The first-order valence-corrected chi connectivity index (χ1v) is 10.5. The van der Waals surface area contributed by atoms with Crippen molar-refractivity contribution in [1.82, 2.24) is 4.57 Å². The van der Waals surface area contributed by atoms with Crippen LogP contribution in [0.5, 0.6) is 5.75 Å². The maximum absolute atomic E-state index is 12.7. The van der Waals surface area contributed by atoms with Crippen LogP contribution in [0.15, 0.2) is 84.9 Å². The summed E-state index contributed by atoms with van der Waals surface area (Å²) < 4.78 is 44.2. The Morgan fingerprint density at radius 2 is 1.68 bits per heavy atom. The number of carbonyl (C=O) groups is 1. The summed E-state index contributed by atoms with van der Waals surface area (Å²) in [7, 11) is 0. The molecule has 1 aromatic heterocycles. The summed E-state index contributed by atoms with van der Waals surface area (Å²) in [5, 5.41) is 1.37. The highest BCUT2D eigenvalue weighted by Crippen LogP contribution is 2.35. The second-order valence-corrected chi connectivity index (χ2v) is 7.86. The zero-order chi connectivity index (χ0) is 23.9. The van der Waals surface area contributed by atoms with Crippen molar-refractivity contribution in [3.8, 4) is 16.9 Å². The molecule has 34 heavy (non-hydrogen) atoms. The molecule has 2 N–H and O–H groups in total. The van der Waals surface area contributed by atoms with Crippen molar-refractivity contribution < 1.29 is 22.7 Å². The fraction of sp³-hybridized carbons (Fsp3) is 0.0741. The Hall–Kier alpha value is -4.26. The van der Waals surface area contributed by atoms with Crippen LogP contribution in [0.1, 0.15) is 15.9 Å². The summed E-state index contributed by atoms with van der Waals surface area (Å²) in [6.45, 7) is 0.253. The van der Waals surface area contributed by atoms with E-state index in [0.29, 0.717) is 21.9 Å². The Labute approximate surface area is 193 Å². The van der Waals surface area contributed by atoms with Crippen LogP contribution in [0.3, 0.4) is 0 Å². The number of nitrogens with zero attached hydrogens (tertiary/aromatic N) is 1. The van der Waals surface area contributed by atoms with Crippen molar-refractivity contribution in [2.75, 3.05) is 0 Å². The largest absolute Gasteiger partial charge is 0.573 e. The third-order valence-corrected chi connectivity index (χ3v) is 5.64. The van der Waals surface area contributed by atoms with Crippen LogP contribution in [0.25, 0.3) is 32.9 Å². The molecule has 1 amide bonds. The highest BCUT2D eigenvalue weighted by atomic mass is 19.4. The quantitative estimate of drug-likeness (QED) is 0.335. The van der Waals surface area contributed by atoms with E-state index in [-0.39, 0.29) is 12.3 Å². The van der Waals surface area contributed by atoms with Gasteiger partial charge in [-0.2, -0.15) is 0 Å². The van der Waals surface area contributed by atoms with E-state index >= 15 is 0 Å². The van der Waals surface area contributed by atoms with Crippen molar-refractivity contribution in [2.45, 2.75) is 12.9 Å². The van der Waals surface area contributed by atoms with E-state index in [1.807, 2.05) is 53.1 Å². The summed E-state index contributed by atoms with van der Waals surface area (Å²) >= 11 is 0. The van der Waals surface area contributed by atoms with Gasteiger partial charge in [-0.15, -0.1) is 13.2 Å². The summed E-state index contributed by atoms with van der Waals surface area (Å²) in [4.78, 5) is 12.2. The summed E-state index contributed by atoms with van der Waals surface area (Å²) in [5.41, 5.74) is 10.0. The second kappa shape index (κ2) is 8.26. The molecule has 0 saturated heterocycles. The van der Waals surface area contributed by atoms with Gasteiger partial charge in [-0.1, -0.05) is 48.5 Å². The third kappa shape index (κ3) is 4.08. The van der Waals surface area contributed by atoms with Gasteiger partial charge in [0.15, 0.2) is 0 Å². The average molecular weight is 459 g/mol. The summed E-state index contributed by atoms with van der Waals surface area (Å²) in [6, 6.07) is 28.0. The Morgan fingerprint density at radius 3 is 2.41 bits per heavy atom. The number of hydrogen-bond donors (Lipinski definition) is 1. The van der Waals surface area contributed by atoms with Crippen LogP contribution in [-0.4, -0.2) is 16.8 Å². The Bertz CT molecular complexity index is 1520. The molecule has 1 radical (unpaired) electrons.